The number of Topliss-reactive ketones (excluding diaryl/α,β-unsaturated/α-hetero) is 1. The molecule has 112 valence electrons. The van der Waals surface area contributed by atoms with Crippen LogP contribution in [-0.4, -0.2) is 48.6 Å². The van der Waals surface area contributed by atoms with Crippen LogP contribution in [0.5, 0.6) is 5.75 Å². The average molecular weight is 283 g/mol. The van der Waals surface area contributed by atoms with E-state index in [1.165, 1.54) is 19.2 Å². The van der Waals surface area contributed by atoms with Crippen molar-refractivity contribution in [1.29, 1.82) is 0 Å². The van der Waals surface area contributed by atoms with Crippen LogP contribution in [0.25, 0.3) is 0 Å². The number of hydrogen-bond donors (Lipinski definition) is 1. The van der Waals surface area contributed by atoms with Gasteiger partial charge in [0.1, 0.15) is 11.6 Å². The molecular weight excluding hydrogens is 261 g/mol. The highest BCUT2D eigenvalue weighted by molar-refractivity contribution is 5.99. The van der Waals surface area contributed by atoms with Gasteiger partial charge in [0.15, 0.2) is 5.78 Å². The third-order valence-electron chi connectivity index (χ3n) is 2.85. The number of hydrogen-bond acceptors (Lipinski definition) is 4. The highest BCUT2D eigenvalue weighted by Gasteiger charge is 2.20. The standard InChI is InChI=1S/C15H22FNO3/c1-15(2,19)10-17(3)9-8-12(18)14-11(16)6-5-7-13(14)20-4/h5-7,19H,8-10H2,1-4H3. The lowest BCUT2D eigenvalue weighted by Gasteiger charge is -2.25. The Balaban J connectivity index is 2.68. The average Bonchev–Trinajstić information content (AvgIpc) is 2.33. The maximum absolute atomic E-state index is 13.7. The fourth-order valence-corrected chi connectivity index (χ4v) is 2.10. The maximum atomic E-state index is 13.7. The molecule has 0 radical (unpaired) electrons. The molecule has 0 amide bonds. The summed E-state index contributed by atoms with van der Waals surface area (Å²) in [6.07, 6.45) is 0.171. The summed E-state index contributed by atoms with van der Waals surface area (Å²) in [6.45, 7) is 4.28. The summed E-state index contributed by atoms with van der Waals surface area (Å²) in [6, 6.07) is 4.32. The lowest BCUT2D eigenvalue weighted by Crippen LogP contribution is -2.37. The number of benzene rings is 1. The molecule has 0 unspecified atom stereocenters. The first kappa shape index (κ1) is 16.6. The van der Waals surface area contributed by atoms with E-state index in [-0.39, 0.29) is 23.5 Å². The van der Waals surface area contributed by atoms with Crippen LogP contribution in [0.4, 0.5) is 4.39 Å². The number of carbonyl (C=O) groups excluding carboxylic acids is 1. The van der Waals surface area contributed by atoms with Crippen LogP contribution in [0.2, 0.25) is 0 Å². The molecule has 0 saturated heterocycles. The van der Waals surface area contributed by atoms with E-state index in [9.17, 15) is 14.3 Å². The van der Waals surface area contributed by atoms with Gasteiger partial charge in [-0.1, -0.05) is 6.07 Å². The zero-order valence-corrected chi connectivity index (χ0v) is 12.4. The predicted octanol–water partition coefficient (Wildman–Crippen LogP) is 2.11. The van der Waals surface area contributed by atoms with Gasteiger partial charge in [0.25, 0.3) is 0 Å². The summed E-state index contributed by atoms with van der Waals surface area (Å²) >= 11 is 0. The number of methoxy groups -OCH3 is 1. The molecule has 1 aromatic rings. The van der Waals surface area contributed by atoms with Gasteiger partial charge in [-0.05, 0) is 33.0 Å². The van der Waals surface area contributed by atoms with Gasteiger partial charge < -0.3 is 14.7 Å². The lowest BCUT2D eigenvalue weighted by molar-refractivity contribution is 0.0437. The van der Waals surface area contributed by atoms with Gasteiger partial charge in [0, 0.05) is 19.5 Å². The van der Waals surface area contributed by atoms with Gasteiger partial charge in [-0.15, -0.1) is 0 Å². The number of likely N-dealkylation sites (N-methyl/N-ethyl adjacent to an activating group) is 1. The first-order chi connectivity index (χ1) is 9.24. The smallest absolute Gasteiger partial charge is 0.170 e. The van der Waals surface area contributed by atoms with Gasteiger partial charge in [-0.25, -0.2) is 4.39 Å². The first-order valence-electron chi connectivity index (χ1n) is 6.51. The Morgan fingerprint density at radius 3 is 2.65 bits per heavy atom. The Morgan fingerprint density at radius 2 is 2.10 bits per heavy atom. The lowest BCUT2D eigenvalue weighted by atomic mass is 10.1. The molecule has 0 saturated carbocycles. The summed E-state index contributed by atoms with van der Waals surface area (Å²) in [4.78, 5) is 13.9. The first-order valence-corrected chi connectivity index (χ1v) is 6.51. The molecule has 1 aromatic carbocycles. The number of halogens is 1. The van der Waals surface area contributed by atoms with E-state index in [1.807, 2.05) is 11.9 Å². The Labute approximate surface area is 119 Å². The molecule has 0 heterocycles. The number of ether oxygens (including phenoxy) is 1. The van der Waals surface area contributed by atoms with Crippen LogP contribution >= 0.6 is 0 Å². The van der Waals surface area contributed by atoms with Crippen molar-refractivity contribution in [2.45, 2.75) is 25.9 Å². The van der Waals surface area contributed by atoms with E-state index in [0.29, 0.717) is 13.1 Å². The van der Waals surface area contributed by atoms with E-state index in [0.717, 1.165) is 0 Å². The van der Waals surface area contributed by atoms with E-state index < -0.39 is 11.4 Å². The molecule has 0 fully saturated rings. The molecule has 0 spiro atoms. The highest BCUT2D eigenvalue weighted by atomic mass is 19.1. The number of carbonyl (C=O) groups is 1. The van der Waals surface area contributed by atoms with Gasteiger partial charge in [0.05, 0.1) is 18.3 Å². The van der Waals surface area contributed by atoms with Crippen LogP contribution in [-0.2, 0) is 0 Å². The minimum absolute atomic E-state index is 0.00772. The molecule has 20 heavy (non-hydrogen) atoms. The van der Waals surface area contributed by atoms with Crippen molar-refractivity contribution < 1.29 is 19.0 Å². The fraction of sp³-hybridized carbons (Fsp3) is 0.533. The minimum atomic E-state index is -0.826. The van der Waals surface area contributed by atoms with Gasteiger partial charge in [-0.2, -0.15) is 0 Å². The molecule has 0 bridgehead atoms. The normalized spacial score (nSPS) is 11.8. The SMILES string of the molecule is COc1cccc(F)c1C(=O)CCN(C)CC(C)(C)O. The number of aliphatic hydroxyl groups is 1. The van der Waals surface area contributed by atoms with Crippen molar-refractivity contribution >= 4 is 5.78 Å². The Hall–Kier alpha value is -1.46. The summed E-state index contributed by atoms with van der Waals surface area (Å²) < 4.78 is 18.7. The second-order valence-electron chi connectivity index (χ2n) is 5.54. The van der Waals surface area contributed by atoms with Crippen molar-refractivity contribution in [3.05, 3.63) is 29.6 Å². The van der Waals surface area contributed by atoms with Crippen molar-refractivity contribution in [1.82, 2.24) is 4.90 Å². The predicted molar refractivity (Wildman–Crippen MR) is 75.7 cm³/mol. The summed E-state index contributed by atoms with van der Waals surface area (Å²) in [7, 11) is 3.22. The van der Waals surface area contributed by atoms with E-state index in [4.69, 9.17) is 4.74 Å². The third-order valence-corrected chi connectivity index (χ3v) is 2.85. The van der Waals surface area contributed by atoms with E-state index in [2.05, 4.69) is 0 Å². The number of ketones is 1. The third kappa shape index (κ3) is 4.90. The van der Waals surface area contributed by atoms with Crippen LogP contribution in [0.1, 0.15) is 30.6 Å². The molecule has 4 nitrogen and oxygen atoms in total. The van der Waals surface area contributed by atoms with Crippen molar-refractivity contribution in [2.24, 2.45) is 0 Å². The summed E-state index contributed by atoms with van der Waals surface area (Å²) in [5.41, 5.74) is -0.834. The monoisotopic (exact) mass is 283 g/mol. The molecule has 1 rings (SSSR count). The highest BCUT2D eigenvalue weighted by Crippen LogP contribution is 2.22. The molecule has 5 heteroatoms. The summed E-state index contributed by atoms with van der Waals surface area (Å²) in [5, 5.41) is 9.69. The zero-order chi connectivity index (χ0) is 15.3. The molecule has 0 aromatic heterocycles. The largest absolute Gasteiger partial charge is 0.496 e. The Kier molecular flexibility index (Phi) is 5.65. The molecule has 1 N–H and O–H groups in total. The number of nitrogens with zero attached hydrogens (tertiary/aromatic N) is 1. The minimum Gasteiger partial charge on any atom is -0.496 e. The molecular formula is C15H22FNO3. The summed E-state index contributed by atoms with van der Waals surface area (Å²) in [5.74, 6) is -0.623. The van der Waals surface area contributed by atoms with Gasteiger partial charge >= 0.3 is 0 Å². The van der Waals surface area contributed by atoms with E-state index in [1.54, 1.807) is 19.9 Å². The second-order valence-corrected chi connectivity index (χ2v) is 5.54. The topological polar surface area (TPSA) is 49.8 Å². The van der Waals surface area contributed by atoms with Gasteiger partial charge in [-0.3, -0.25) is 4.79 Å². The quantitative estimate of drug-likeness (QED) is 0.779. The maximum Gasteiger partial charge on any atom is 0.170 e. The zero-order valence-electron chi connectivity index (χ0n) is 12.4. The van der Waals surface area contributed by atoms with Gasteiger partial charge in [0.2, 0.25) is 0 Å². The van der Waals surface area contributed by atoms with Crippen molar-refractivity contribution in [2.75, 3.05) is 27.2 Å². The molecule has 0 aliphatic carbocycles. The van der Waals surface area contributed by atoms with Crippen LogP contribution in [0.15, 0.2) is 18.2 Å². The Bertz CT molecular complexity index is 469. The van der Waals surface area contributed by atoms with Crippen molar-refractivity contribution in [3.8, 4) is 5.75 Å². The van der Waals surface area contributed by atoms with Crippen molar-refractivity contribution in [3.63, 3.8) is 0 Å². The molecule has 0 aliphatic heterocycles. The number of rotatable bonds is 7. The molecule has 0 aliphatic rings. The van der Waals surface area contributed by atoms with E-state index >= 15 is 0 Å². The molecule has 0 atom stereocenters. The van der Waals surface area contributed by atoms with Crippen LogP contribution in [0.3, 0.4) is 0 Å². The Morgan fingerprint density at radius 1 is 1.45 bits per heavy atom. The fourth-order valence-electron chi connectivity index (χ4n) is 2.10. The van der Waals surface area contributed by atoms with Crippen LogP contribution in [0, 0.1) is 5.82 Å². The van der Waals surface area contributed by atoms with Crippen LogP contribution < -0.4 is 4.74 Å². The second kappa shape index (κ2) is 6.81.